The number of hydrogen-bond acceptors (Lipinski definition) is 2. The highest BCUT2D eigenvalue weighted by molar-refractivity contribution is 6.06. The lowest BCUT2D eigenvalue weighted by atomic mass is 10.1. The van der Waals surface area contributed by atoms with Gasteiger partial charge in [-0.2, -0.15) is 0 Å². The number of rotatable bonds is 8. The van der Waals surface area contributed by atoms with Gasteiger partial charge in [0.15, 0.2) is 0 Å². The smallest absolute Gasteiger partial charge is 0.258 e. The lowest BCUT2D eigenvalue weighted by Crippen LogP contribution is -2.31. The van der Waals surface area contributed by atoms with E-state index in [9.17, 15) is 14.0 Å². The molecule has 5 heteroatoms. The minimum absolute atomic E-state index is 0.0166. The maximum atomic E-state index is 13.8. The first-order valence-corrected chi connectivity index (χ1v) is 11.5. The molecule has 0 aliphatic heterocycles. The number of amides is 2. The van der Waals surface area contributed by atoms with E-state index in [4.69, 9.17) is 0 Å². The van der Waals surface area contributed by atoms with Crippen LogP contribution in [0.25, 0.3) is 0 Å². The molecule has 4 aromatic carbocycles. The topological polar surface area (TPSA) is 40.6 Å². The van der Waals surface area contributed by atoms with Crippen molar-refractivity contribution in [3.05, 3.63) is 137 Å². The average Bonchev–Trinajstić information content (AvgIpc) is 2.88. The van der Waals surface area contributed by atoms with Gasteiger partial charge in [-0.1, -0.05) is 78.9 Å². The molecule has 176 valence electrons. The number of benzene rings is 4. The van der Waals surface area contributed by atoms with Crippen LogP contribution in [0.4, 0.5) is 10.1 Å². The predicted molar refractivity (Wildman–Crippen MR) is 136 cm³/mol. The number of hydrogen-bond donors (Lipinski definition) is 0. The van der Waals surface area contributed by atoms with Crippen molar-refractivity contribution in [1.82, 2.24) is 4.90 Å². The van der Waals surface area contributed by atoms with E-state index in [0.29, 0.717) is 18.8 Å². The first kappa shape index (κ1) is 23.9. The van der Waals surface area contributed by atoms with Crippen LogP contribution in [0.5, 0.6) is 0 Å². The maximum Gasteiger partial charge on any atom is 0.258 e. The number of nitrogens with zero attached hydrogens (tertiary/aromatic N) is 2. The van der Waals surface area contributed by atoms with Gasteiger partial charge in [-0.25, -0.2) is 4.39 Å². The lowest BCUT2D eigenvalue weighted by molar-refractivity contribution is -0.129. The number of likely N-dealkylation sites (N-methyl/N-ethyl adjacent to an activating group) is 1. The summed E-state index contributed by atoms with van der Waals surface area (Å²) in [5.41, 5.74) is 3.73. The zero-order chi connectivity index (χ0) is 24.6. The number of anilines is 1. The van der Waals surface area contributed by atoms with Gasteiger partial charge in [0.05, 0.1) is 13.0 Å². The number of carbonyl (C=O) groups excluding carboxylic acids is 2. The van der Waals surface area contributed by atoms with Crippen molar-refractivity contribution >= 4 is 17.5 Å². The van der Waals surface area contributed by atoms with Gasteiger partial charge in [-0.15, -0.1) is 0 Å². The molecular formula is C30H27FN2O2. The Hall–Kier alpha value is -4.25. The largest absolute Gasteiger partial charge is 0.341 e. The fourth-order valence-electron chi connectivity index (χ4n) is 3.91. The molecule has 0 atom stereocenters. The highest BCUT2D eigenvalue weighted by Crippen LogP contribution is 2.23. The highest BCUT2D eigenvalue weighted by Gasteiger charge is 2.20. The Balaban J connectivity index is 1.57. The molecule has 0 heterocycles. The first-order chi connectivity index (χ1) is 17.0. The Morgan fingerprint density at radius 1 is 0.686 bits per heavy atom. The molecule has 0 aromatic heterocycles. The van der Waals surface area contributed by atoms with Crippen LogP contribution in [-0.2, 0) is 24.3 Å². The second-order valence-corrected chi connectivity index (χ2v) is 8.47. The van der Waals surface area contributed by atoms with Crippen LogP contribution in [0, 0.1) is 5.82 Å². The van der Waals surface area contributed by atoms with Crippen molar-refractivity contribution in [2.75, 3.05) is 11.9 Å². The van der Waals surface area contributed by atoms with Crippen molar-refractivity contribution in [3.8, 4) is 0 Å². The van der Waals surface area contributed by atoms with Crippen molar-refractivity contribution in [1.29, 1.82) is 0 Å². The Morgan fingerprint density at radius 3 is 1.94 bits per heavy atom. The van der Waals surface area contributed by atoms with Gasteiger partial charge < -0.3 is 9.80 Å². The third-order valence-corrected chi connectivity index (χ3v) is 5.77. The zero-order valence-electron chi connectivity index (χ0n) is 19.6. The standard InChI is InChI=1S/C30H27FN2O2/c1-32(21-23-10-4-2-5-11-23)29(34)19-25-14-8-17-28(18-25)33(22-24-12-6-3-7-13-24)30(35)26-15-9-16-27(31)20-26/h2-18,20H,19,21-22H2,1H3. The molecule has 4 rings (SSSR count). The van der Waals surface area contributed by atoms with Crippen molar-refractivity contribution in [3.63, 3.8) is 0 Å². The molecule has 0 saturated carbocycles. The average molecular weight is 467 g/mol. The van der Waals surface area contributed by atoms with Crippen LogP contribution in [0.3, 0.4) is 0 Å². The second-order valence-electron chi connectivity index (χ2n) is 8.47. The van der Waals surface area contributed by atoms with E-state index >= 15 is 0 Å². The van der Waals surface area contributed by atoms with Gasteiger partial charge in [-0.05, 0) is 47.0 Å². The third kappa shape index (κ3) is 6.42. The normalized spacial score (nSPS) is 10.6. The fraction of sp³-hybridized carbons (Fsp3) is 0.133. The van der Waals surface area contributed by atoms with E-state index in [1.54, 1.807) is 22.9 Å². The van der Waals surface area contributed by atoms with Gasteiger partial charge in [0.2, 0.25) is 5.91 Å². The van der Waals surface area contributed by atoms with Crippen LogP contribution < -0.4 is 4.90 Å². The van der Waals surface area contributed by atoms with E-state index in [-0.39, 0.29) is 23.8 Å². The molecule has 4 nitrogen and oxygen atoms in total. The molecule has 0 aliphatic rings. The summed E-state index contributed by atoms with van der Waals surface area (Å²) < 4.78 is 13.8. The summed E-state index contributed by atoms with van der Waals surface area (Å²) in [6, 6.07) is 32.6. The van der Waals surface area contributed by atoms with E-state index < -0.39 is 5.82 Å². The van der Waals surface area contributed by atoms with Gasteiger partial charge in [0.1, 0.15) is 5.82 Å². The molecule has 35 heavy (non-hydrogen) atoms. The molecule has 0 aliphatic carbocycles. The lowest BCUT2D eigenvalue weighted by Gasteiger charge is -2.24. The number of halogens is 1. The summed E-state index contributed by atoms with van der Waals surface area (Å²) in [5, 5.41) is 0. The SMILES string of the molecule is CN(Cc1ccccc1)C(=O)Cc1cccc(N(Cc2ccccc2)C(=O)c2cccc(F)c2)c1. The summed E-state index contributed by atoms with van der Waals surface area (Å²) in [6.07, 6.45) is 0.213. The van der Waals surface area contributed by atoms with Crippen LogP contribution in [0.2, 0.25) is 0 Å². The Morgan fingerprint density at radius 2 is 1.29 bits per heavy atom. The van der Waals surface area contributed by atoms with Gasteiger partial charge in [-0.3, -0.25) is 9.59 Å². The molecule has 0 radical (unpaired) electrons. The second kappa shape index (κ2) is 11.3. The molecule has 0 unspecified atom stereocenters. The van der Waals surface area contributed by atoms with Crippen molar-refractivity contribution < 1.29 is 14.0 Å². The zero-order valence-corrected chi connectivity index (χ0v) is 19.6. The van der Waals surface area contributed by atoms with Crippen LogP contribution in [0.1, 0.15) is 27.0 Å². The molecule has 0 N–H and O–H groups in total. The van der Waals surface area contributed by atoms with E-state index in [0.717, 1.165) is 16.7 Å². The summed E-state index contributed by atoms with van der Waals surface area (Å²) in [6.45, 7) is 0.846. The Bertz CT molecular complexity index is 1290. The van der Waals surface area contributed by atoms with E-state index in [1.165, 1.54) is 18.2 Å². The van der Waals surface area contributed by atoms with Crippen molar-refractivity contribution in [2.45, 2.75) is 19.5 Å². The van der Waals surface area contributed by atoms with E-state index in [1.807, 2.05) is 84.9 Å². The molecule has 0 fully saturated rings. The van der Waals surface area contributed by atoms with Crippen LogP contribution in [-0.4, -0.2) is 23.8 Å². The summed E-state index contributed by atoms with van der Waals surface area (Å²) in [4.78, 5) is 29.6. The van der Waals surface area contributed by atoms with Crippen LogP contribution >= 0.6 is 0 Å². The minimum Gasteiger partial charge on any atom is -0.341 e. The van der Waals surface area contributed by atoms with Gasteiger partial charge in [0, 0.05) is 24.8 Å². The minimum atomic E-state index is -0.462. The summed E-state index contributed by atoms with van der Waals surface area (Å²) in [5.74, 6) is -0.786. The van der Waals surface area contributed by atoms with E-state index in [2.05, 4.69) is 0 Å². The maximum absolute atomic E-state index is 13.8. The molecule has 0 spiro atoms. The fourth-order valence-corrected chi connectivity index (χ4v) is 3.91. The first-order valence-electron chi connectivity index (χ1n) is 11.5. The van der Waals surface area contributed by atoms with Crippen molar-refractivity contribution in [2.24, 2.45) is 0 Å². The Kier molecular flexibility index (Phi) is 7.68. The molecule has 4 aromatic rings. The Labute approximate surface area is 205 Å². The van der Waals surface area contributed by atoms with Crippen LogP contribution in [0.15, 0.2) is 109 Å². The molecule has 0 saturated heterocycles. The molecule has 2 amide bonds. The molecule has 0 bridgehead atoms. The predicted octanol–water partition coefficient (Wildman–Crippen LogP) is 5.87. The number of carbonyl (C=O) groups is 2. The third-order valence-electron chi connectivity index (χ3n) is 5.77. The monoisotopic (exact) mass is 466 g/mol. The quantitative estimate of drug-likeness (QED) is 0.326. The van der Waals surface area contributed by atoms with Gasteiger partial charge >= 0.3 is 0 Å². The van der Waals surface area contributed by atoms with Gasteiger partial charge in [0.25, 0.3) is 5.91 Å². The summed E-state index contributed by atoms with van der Waals surface area (Å²) >= 11 is 0. The molecular weight excluding hydrogens is 439 g/mol. The highest BCUT2D eigenvalue weighted by atomic mass is 19.1. The summed E-state index contributed by atoms with van der Waals surface area (Å²) in [7, 11) is 1.79.